The summed E-state index contributed by atoms with van der Waals surface area (Å²) in [5, 5.41) is 2.19. The second kappa shape index (κ2) is 7.26. The molecule has 0 unspecified atom stereocenters. The van der Waals surface area contributed by atoms with Gasteiger partial charge in [0, 0.05) is 37.5 Å². The molecule has 0 atom stereocenters. The number of thioether (sulfide) groups is 1. The summed E-state index contributed by atoms with van der Waals surface area (Å²) in [6, 6.07) is 0. The van der Waals surface area contributed by atoms with Gasteiger partial charge in [-0.05, 0) is 31.7 Å². The van der Waals surface area contributed by atoms with Crippen LogP contribution in [0.5, 0.6) is 0 Å². The lowest BCUT2D eigenvalue weighted by molar-refractivity contribution is -0.0379. The molecule has 2 aliphatic heterocycles. The highest BCUT2D eigenvalue weighted by Crippen LogP contribution is 2.42. The quantitative estimate of drug-likeness (QED) is 0.582. The van der Waals surface area contributed by atoms with Gasteiger partial charge >= 0.3 is 0 Å². The Bertz CT molecular complexity index is 796. The summed E-state index contributed by atoms with van der Waals surface area (Å²) in [7, 11) is 0. The lowest BCUT2D eigenvalue weighted by Crippen LogP contribution is -2.46. The van der Waals surface area contributed by atoms with E-state index in [1.165, 1.54) is 15.8 Å². The molecule has 2 aromatic rings. The number of piperazine rings is 1. The Morgan fingerprint density at radius 1 is 1.15 bits per heavy atom. The predicted molar refractivity (Wildman–Crippen MR) is 111 cm³/mol. The molecule has 2 aliphatic rings. The van der Waals surface area contributed by atoms with Crippen molar-refractivity contribution in [3.63, 3.8) is 0 Å². The maximum absolute atomic E-state index is 6.05. The number of rotatable bonds is 4. The number of anilines is 1. The molecule has 0 N–H and O–H groups in total. The van der Waals surface area contributed by atoms with Crippen molar-refractivity contribution >= 4 is 39.1 Å². The molecule has 26 heavy (non-hydrogen) atoms. The van der Waals surface area contributed by atoms with Gasteiger partial charge in [-0.15, -0.1) is 11.3 Å². The Morgan fingerprint density at radius 2 is 1.92 bits per heavy atom. The summed E-state index contributed by atoms with van der Waals surface area (Å²) in [6.07, 6.45) is 0.938. The highest BCUT2D eigenvalue weighted by Gasteiger charge is 2.32. The maximum Gasteiger partial charge on any atom is 0.190 e. The van der Waals surface area contributed by atoms with Gasteiger partial charge in [-0.3, -0.25) is 0 Å². The monoisotopic (exact) mass is 392 g/mol. The third kappa shape index (κ3) is 3.46. The molecular weight excluding hydrogens is 364 g/mol. The van der Waals surface area contributed by atoms with E-state index in [-0.39, 0.29) is 5.60 Å². The second-order valence-corrected chi connectivity index (χ2v) is 9.91. The first-order chi connectivity index (χ1) is 12.5. The van der Waals surface area contributed by atoms with Gasteiger partial charge in [0.15, 0.2) is 5.16 Å². The smallest absolute Gasteiger partial charge is 0.190 e. The van der Waals surface area contributed by atoms with E-state index in [0.29, 0.717) is 6.61 Å². The largest absolute Gasteiger partial charge is 0.370 e. The van der Waals surface area contributed by atoms with Crippen LogP contribution in [-0.2, 0) is 17.8 Å². The van der Waals surface area contributed by atoms with E-state index in [0.717, 1.165) is 60.7 Å². The molecule has 5 nitrogen and oxygen atoms in total. The zero-order chi connectivity index (χ0) is 18.3. The van der Waals surface area contributed by atoms with Gasteiger partial charge in [-0.25, -0.2) is 9.97 Å². The van der Waals surface area contributed by atoms with E-state index in [9.17, 15) is 0 Å². The number of hydrogen-bond acceptors (Lipinski definition) is 7. The molecule has 1 saturated heterocycles. The first-order valence-corrected chi connectivity index (χ1v) is 11.4. The first-order valence-electron chi connectivity index (χ1n) is 9.57. The van der Waals surface area contributed by atoms with Gasteiger partial charge in [-0.2, -0.15) is 0 Å². The van der Waals surface area contributed by atoms with E-state index in [1.54, 1.807) is 23.1 Å². The zero-order valence-corrected chi connectivity index (χ0v) is 17.8. The fraction of sp³-hybridized carbons (Fsp3) is 0.684. The lowest BCUT2D eigenvalue weighted by Gasteiger charge is -2.35. The highest BCUT2D eigenvalue weighted by molar-refractivity contribution is 7.99. The van der Waals surface area contributed by atoms with Crippen LogP contribution in [0, 0.1) is 0 Å². The molecule has 1 fully saturated rings. The van der Waals surface area contributed by atoms with Crippen molar-refractivity contribution in [3.8, 4) is 0 Å². The molecule has 0 bridgehead atoms. The van der Waals surface area contributed by atoms with Crippen molar-refractivity contribution in [2.24, 2.45) is 0 Å². The van der Waals surface area contributed by atoms with Crippen LogP contribution < -0.4 is 4.90 Å². The summed E-state index contributed by atoms with van der Waals surface area (Å²) in [6.45, 7) is 14.9. The summed E-state index contributed by atoms with van der Waals surface area (Å²) < 4.78 is 6.05. The van der Waals surface area contributed by atoms with Crippen molar-refractivity contribution in [2.45, 2.75) is 51.5 Å². The fourth-order valence-electron chi connectivity index (χ4n) is 3.81. The van der Waals surface area contributed by atoms with Gasteiger partial charge < -0.3 is 14.5 Å². The topological polar surface area (TPSA) is 41.5 Å². The Labute approximate surface area is 164 Å². The molecule has 0 radical (unpaired) electrons. The predicted octanol–water partition coefficient (Wildman–Crippen LogP) is 3.80. The standard InChI is InChI=1S/C19H28N4OS2/c1-5-22-7-9-23(10-8-22)16-15-13-11-19(3,4)24-12-14(13)26-17(15)21-18(20-16)25-6-2/h5-12H2,1-4H3. The summed E-state index contributed by atoms with van der Waals surface area (Å²) >= 11 is 3.53. The van der Waals surface area contributed by atoms with Gasteiger partial charge in [0.1, 0.15) is 10.6 Å². The van der Waals surface area contributed by atoms with E-state index < -0.39 is 0 Å². The van der Waals surface area contributed by atoms with Crippen LogP contribution in [0.2, 0.25) is 0 Å². The maximum atomic E-state index is 6.05. The molecule has 142 valence electrons. The van der Waals surface area contributed by atoms with Gasteiger partial charge in [0.05, 0.1) is 17.6 Å². The average Bonchev–Trinajstić information content (AvgIpc) is 2.98. The van der Waals surface area contributed by atoms with Crippen LogP contribution in [0.25, 0.3) is 10.2 Å². The summed E-state index contributed by atoms with van der Waals surface area (Å²) in [5.74, 6) is 2.15. The Balaban J connectivity index is 1.80. The molecule has 4 heterocycles. The molecular formula is C19H28N4OS2. The summed E-state index contributed by atoms with van der Waals surface area (Å²) in [4.78, 5) is 17.4. The van der Waals surface area contributed by atoms with Crippen molar-refractivity contribution < 1.29 is 4.74 Å². The summed E-state index contributed by atoms with van der Waals surface area (Å²) in [5.41, 5.74) is 1.30. The molecule has 4 rings (SSSR count). The molecule has 2 aromatic heterocycles. The first kappa shape index (κ1) is 18.5. The number of ether oxygens (including phenoxy) is 1. The Morgan fingerprint density at radius 3 is 2.62 bits per heavy atom. The van der Waals surface area contributed by atoms with Crippen molar-refractivity contribution in [3.05, 3.63) is 10.4 Å². The van der Waals surface area contributed by atoms with Gasteiger partial charge in [-0.1, -0.05) is 25.6 Å². The van der Waals surface area contributed by atoms with Gasteiger partial charge in [0.2, 0.25) is 0 Å². The van der Waals surface area contributed by atoms with E-state index in [2.05, 4.69) is 37.5 Å². The van der Waals surface area contributed by atoms with Crippen molar-refractivity contribution in [2.75, 3.05) is 43.4 Å². The molecule has 0 aliphatic carbocycles. The van der Waals surface area contributed by atoms with E-state index in [4.69, 9.17) is 14.7 Å². The van der Waals surface area contributed by atoms with E-state index >= 15 is 0 Å². The second-order valence-electron chi connectivity index (χ2n) is 7.59. The minimum absolute atomic E-state index is 0.115. The molecule has 0 spiro atoms. The lowest BCUT2D eigenvalue weighted by atomic mass is 9.94. The number of fused-ring (bicyclic) bond motifs is 3. The molecule has 0 amide bonds. The zero-order valence-electron chi connectivity index (χ0n) is 16.2. The van der Waals surface area contributed by atoms with Gasteiger partial charge in [0.25, 0.3) is 0 Å². The number of aromatic nitrogens is 2. The number of hydrogen-bond donors (Lipinski definition) is 0. The third-order valence-electron chi connectivity index (χ3n) is 5.28. The fourth-order valence-corrected chi connectivity index (χ4v) is 5.53. The van der Waals surface area contributed by atoms with Crippen LogP contribution in [0.1, 0.15) is 38.1 Å². The normalized spacial score (nSPS) is 20.5. The number of thiophene rings is 1. The van der Waals surface area contributed by atoms with Crippen LogP contribution in [0.15, 0.2) is 5.16 Å². The minimum Gasteiger partial charge on any atom is -0.370 e. The number of likely N-dealkylation sites (N-methyl/N-ethyl adjacent to an activating group) is 1. The third-order valence-corrected chi connectivity index (χ3v) is 7.11. The highest BCUT2D eigenvalue weighted by atomic mass is 32.2. The van der Waals surface area contributed by atoms with Crippen LogP contribution in [-0.4, -0.2) is 58.9 Å². The molecule has 7 heteroatoms. The van der Waals surface area contributed by atoms with E-state index in [1.807, 2.05) is 0 Å². The SMILES string of the molecule is CCSc1nc(N2CCN(CC)CC2)c2c3c(sc2n1)COC(C)(C)C3. The number of nitrogens with zero attached hydrogens (tertiary/aromatic N) is 4. The molecule has 0 saturated carbocycles. The Hall–Kier alpha value is -0.890. The van der Waals surface area contributed by atoms with Crippen molar-refractivity contribution in [1.82, 2.24) is 14.9 Å². The molecule has 0 aromatic carbocycles. The average molecular weight is 393 g/mol. The van der Waals surface area contributed by atoms with Crippen LogP contribution >= 0.6 is 23.1 Å². The minimum atomic E-state index is -0.115. The van der Waals surface area contributed by atoms with Crippen LogP contribution in [0.4, 0.5) is 5.82 Å². The van der Waals surface area contributed by atoms with Crippen LogP contribution in [0.3, 0.4) is 0 Å². The Kier molecular flexibility index (Phi) is 5.16. The van der Waals surface area contributed by atoms with Crippen molar-refractivity contribution in [1.29, 1.82) is 0 Å².